The monoisotopic (exact) mass is 216 g/mol. The fourth-order valence-corrected chi connectivity index (χ4v) is 0.842. The van der Waals surface area contributed by atoms with E-state index in [0.29, 0.717) is 12.8 Å². The van der Waals surface area contributed by atoms with Crippen LogP contribution in [-0.4, -0.2) is 30.4 Å². The highest BCUT2D eigenvalue weighted by Gasteiger charge is 2.03. The number of carbonyl (C=O) groups is 2. The molecule has 0 unspecified atom stereocenters. The zero-order valence-electron chi connectivity index (χ0n) is 8.61. The molecule has 0 radical (unpaired) electrons. The van der Waals surface area contributed by atoms with Crippen molar-refractivity contribution in [2.24, 2.45) is 0 Å². The second-order valence-corrected chi connectivity index (χ2v) is 2.84. The molecule has 0 rings (SSSR count). The minimum absolute atomic E-state index is 0.131. The Kier molecular flexibility index (Phi) is 8.37. The number of rotatable bonds is 8. The number of esters is 2. The second-order valence-electron chi connectivity index (χ2n) is 2.84. The van der Waals surface area contributed by atoms with Crippen LogP contribution in [0.4, 0.5) is 0 Å². The van der Waals surface area contributed by atoms with Crippen LogP contribution in [0.5, 0.6) is 0 Å². The predicted octanol–water partition coefficient (Wildman–Crippen LogP) is 0.769. The van der Waals surface area contributed by atoms with Crippen molar-refractivity contribution in [2.75, 3.05) is 13.4 Å². The van der Waals surface area contributed by atoms with Gasteiger partial charge in [0.05, 0.1) is 0 Å². The average Bonchev–Trinajstić information content (AvgIpc) is 2.24. The summed E-state index contributed by atoms with van der Waals surface area (Å²) >= 11 is 0. The van der Waals surface area contributed by atoms with Gasteiger partial charge in [0.2, 0.25) is 6.79 Å². The lowest BCUT2D eigenvalue weighted by atomic mass is 10.2. The molecule has 86 valence electrons. The number of aliphatic hydroxyl groups is 1. The van der Waals surface area contributed by atoms with E-state index in [1.54, 1.807) is 0 Å². The topological polar surface area (TPSA) is 72.8 Å². The molecule has 0 aromatic rings. The van der Waals surface area contributed by atoms with Gasteiger partial charge in [0.15, 0.2) is 0 Å². The van der Waals surface area contributed by atoms with Crippen LogP contribution >= 0.6 is 0 Å². The first-order chi connectivity index (χ1) is 7.20. The van der Waals surface area contributed by atoms with Crippen LogP contribution in [0.25, 0.3) is 0 Å². The third-order valence-electron chi connectivity index (χ3n) is 1.63. The van der Waals surface area contributed by atoms with Crippen molar-refractivity contribution in [2.45, 2.75) is 25.7 Å². The van der Waals surface area contributed by atoms with Crippen LogP contribution in [0, 0.1) is 0 Å². The summed E-state index contributed by atoms with van der Waals surface area (Å²) < 4.78 is 9.05. The third kappa shape index (κ3) is 8.96. The fourth-order valence-electron chi connectivity index (χ4n) is 0.842. The molecule has 0 aliphatic heterocycles. The van der Waals surface area contributed by atoms with Crippen molar-refractivity contribution >= 4 is 11.9 Å². The minimum Gasteiger partial charge on any atom is -0.428 e. The van der Waals surface area contributed by atoms with Crippen molar-refractivity contribution in [3.05, 3.63) is 12.7 Å². The lowest BCUT2D eigenvalue weighted by molar-refractivity contribution is -0.164. The quantitative estimate of drug-likeness (QED) is 0.281. The van der Waals surface area contributed by atoms with E-state index >= 15 is 0 Å². The number of ether oxygens (including phenoxy) is 2. The van der Waals surface area contributed by atoms with Gasteiger partial charge in [-0.1, -0.05) is 13.0 Å². The van der Waals surface area contributed by atoms with Crippen molar-refractivity contribution in [1.29, 1.82) is 0 Å². The van der Waals surface area contributed by atoms with E-state index in [1.807, 2.05) is 0 Å². The zero-order valence-corrected chi connectivity index (χ0v) is 8.61. The maximum absolute atomic E-state index is 11.0. The Balaban J connectivity index is 3.33. The van der Waals surface area contributed by atoms with E-state index in [9.17, 15) is 9.59 Å². The second kappa shape index (κ2) is 9.21. The highest BCUT2D eigenvalue weighted by molar-refractivity contribution is 5.81. The van der Waals surface area contributed by atoms with Gasteiger partial charge in [0, 0.05) is 19.1 Å². The molecular formula is C10H16O5. The molecule has 0 saturated heterocycles. The molecule has 1 N–H and O–H groups in total. The molecule has 0 atom stereocenters. The maximum Gasteiger partial charge on any atom is 0.333 e. The molecule has 0 aliphatic carbocycles. The molecule has 0 bridgehead atoms. The highest BCUT2D eigenvalue weighted by atomic mass is 16.7. The van der Waals surface area contributed by atoms with E-state index in [2.05, 4.69) is 16.1 Å². The summed E-state index contributed by atoms with van der Waals surface area (Å²) in [6.45, 7) is 2.95. The van der Waals surface area contributed by atoms with Gasteiger partial charge >= 0.3 is 11.9 Å². The van der Waals surface area contributed by atoms with Gasteiger partial charge in [-0.2, -0.15) is 0 Å². The Hall–Kier alpha value is -1.36. The lowest BCUT2D eigenvalue weighted by Crippen LogP contribution is -2.11. The first-order valence-electron chi connectivity index (χ1n) is 4.76. The molecule has 0 saturated carbocycles. The SMILES string of the molecule is C=CC(=O)OCOC(=O)CCCCCO. The molecule has 0 heterocycles. The van der Waals surface area contributed by atoms with E-state index in [0.717, 1.165) is 12.5 Å². The van der Waals surface area contributed by atoms with E-state index < -0.39 is 11.9 Å². The predicted molar refractivity (Wildman–Crippen MR) is 52.8 cm³/mol. The van der Waals surface area contributed by atoms with Crippen LogP contribution in [0.1, 0.15) is 25.7 Å². The summed E-state index contributed by atoms with van der Waals surface area (Å²) in [4.78, 5) is 21.5. The summed E-state index contributed by atoms with van der Waals surface area (Å²) in [7, 11) is 0. The van der Waals surface area contributed by atoms with Crippen LogP contribution < -0.4 is 0 Å². The van der Waals surface area contributed by atoms with Crippen LogP contribution in [0.3, 0.4) is 0 Å². The summed E-state index contributed by atoms with van der Waals surface area (Å²) in [5.74, 6) is -1.03. The van der Waals surface area contributed by atoms with Crippen LogP contribution in [0.2, 0.25) is 0 Å². The standard InChI is InChI=1S/C10H16O5/c1-2-9(12)14-8-15-10(13)6-4-3-5-7-11/h2,11H,1,3-8H2. The molecule has 5 nitrogen and oxygen atoms in total. The van der Waals surface area contributed by atoms with E-state index in [1.165, 1.54) is 0 Å². The largest absolute Gasteiger partial charge is 0.428 e. The van der Waals surface area contributed by atoms with Gasteiger partial charge in [-0.15, -0.1) is 0 Å². The average molecular weight is 216 g/mol. The number of hydrogen-bond donors (Lipinski definition) is 1. The molecule has 0 fully saturated rings. The molecular weight excluding hydrogens is 200 g/mol. The number of hydrogen-bond acceptors (Lipinski definition) is 5. The van der Waals surface area contributed by atoms with Crippen molar-refractivity contribution in [3.8, 4) is 0 Å². The first kappa shape index (κ1) is 13.6. The Labute approximate surface area is 88.7 Å². The molecule has 0 amide bonds. The summed E-state index contributed by atoms with van der Waals surface area (Å²) in [6, 6.07) is 0. The van der Waals surface area contributed by atoms with Crippen LogP contribution in [-0.2, 0) is 19.1 Å². The Morgan fingerprint density at radius 3 is 2.53 bits per heavy atom. The molecule has 0 aromatic heterocycles. The van der Waals surface area contributed by atoms with Gasteiger partial charge in [0.1, 0.15) is 0 Å². The Morgan fingerprint density at radius 2 is 1.93 bits per heavy atom. The molecule has 0 aromatic carbocycles. The minimum atomic E-state index is -0.622. The number of carbonyl (C=O) groups excluding carboxylic acids is 2. The Morgan fingerprint density at radius 1 is 1.20 bits per heavy atom. The van der Waals surface area contributed by atoms with Crippen molar-refractivity contribution in [3.63, 3.8) is 0 Å². The molecule has 0 spiro atoms. The Bertz CT molecular complexity index is 212. The molecule has 15 heavy (non-hydrogen) atoms. The van der Waals surface area contributed by atoms with Gasteiger partial charge in [0.25, 0.3) is 0 Å². The normalized spacial score (nSPS) is 9.40. The van der Waals surface area contributed by atoms with Crippen molar-refractivity contribution < 1.29 is 24.2 Å². The number of aliphatic hydroxyl groups excluding tert-OH is 1. The van der Waals surface area contributed by atoms with E-state index in [-0.39, 0.29) is 19.8 Å². The first-order valence-corrected chi connectivity index (χ1v) is 4.76. The fraction of sp³-hybridized carbons (Fsp3) is 0.600. The van der Waals surface area contributed by atoms with Crippen molar-refractivity contribution in [1.82, 2.24) is 0 Å². The third-order valence-corrected chi connectivity index (χ3v) is 1.63. The van der Waals surface area contributed by atoms with Gasteiger partial charge < -0.3 is 14.6 Å². The summed E-state index contributed by atoms with van der Waals surface area (Å²) in [6.07, 6.45) is 3.38. The summed E-state index contributed by atoms with van der Waals surface area (Å²) in [5.41, 5.74) is 0. The van der Waals surface area contributed by atoms with Crippen LogP contribution in [0.15, 0.2) is 12.7 Å². The van der Waals surface area contributed by atoms with Gasteiger partial charge in [-0.25, -0.2) is 4.79 Å². The van der Waals surface area contributed by atoms with E-state index in [4.69, 9.17) is 5.11 Å². The smallest absolute Gasteiger partial charge is 0.333 e. The maximum atomic E-state index is 11.0. The highest BCUT2D eigenvalue weighted by Crippen LogP contribution is 2.00. The zero-order chi connectivity index (χ0) is 11.5. The van der Waals surface area contributed by atoms with Gasteiger partial charge in [-0.3, -0.25) is 4.79 Å². The number of unbranched alkanes of at least 4 members (excludes halogenated alkanes) is 2. The van der Waals surface area contributed by atoms with Gasteiger partial charge in [-0.05, 0) is 12.8 Å². The summed E-state index contributed by atoms with van der Waals surface area (Å²) in [5, 5.41) is 8.48. The lowest BCUT2D eigenvalue weighted by Gasteiger charge is -2.04. The molecule has 5 heteroatoms. The molecule has 0 aliphatic rings.